The van der Waals surface area contributed by atoms with E-state index >= 15 is 0 Å². The lowest BCUT2D eigenvalue weighted by Gasteiger charge is -2.28. The Hall–Kier alpha value is -1.22. The van der Waals surface area contributed by atoms with Gasteiger partial charge in [-0.2, -0.15) is 0 Å². The van der Waals surface area contributed by atoms with Crippen molar-refractivity contribution >= 4 is 48.8 Å². The van der Waals surface area contributed by atoms with Gasteiger partial charge in [0.25, 0.3) is 5.91 Å². The molecule has 26 heavy (non-hydrogen) atoms. The summed E-state index contributed by atoms with van der Waals surface area (Å²) in [4.78, 5) is 15.2. The molecule has 3 heterocycles. The van der Waals surface area contributed by atoms with E-state index in [4.69, 9.17) is 11.6 Å². The van der Waals surface area contributed by atoms with Crippen molar-refractivity contribution < 1.29 is 17.6 Å². The molecular formula is C17H18ClFN2O3S2. The highest BCUT2D eigenvalue weighted by Gasteiger charge is 2.42. The summed E-state index contributed by atoms with van der Waals surface area (Å²) >= 11 is 7.42. The van der Waals surface area contributed by atoms with Crippen LogP contribution in [0, 0.1) is 5.82 Å². The number of likely N-dealkylation sites (tertiary alicyclic amines) is 1. The van der Waals surface area contributed by atoms with E-state index in [-0.39, 0.29) is 27.4 Å². The van der Waals surface area contributed by atoms with E-state index < -0.39 is 27.6 Å². The van der Waals surface area contributed by atoms with Crippen molar-refractivity contribution in [3.63, 3.8) is 0 Å². The van der Waals surface area contributed by atoms with Crippen LogP contribution in [0.1, 0.15) is 22.5 Å². The van der Waals surface area contributed by atoms with E-state index in [0.717, 1.165) is 37.3 Å². The average Bonchev–Trinajstić information content (AvgIpc) is 3.26. The van der Waals surface area contributed by atoms with Gasteiger partial charge in [0.1, 0.15) is 10.7 Å². The molecule has 0 aliphatic carbocycles. The number of sulfone groups is 1. The fourth-order valence-corrected chi connectivity index (χ4v) is 7.22. The van der Waals surface area contributed by atoms with Crippen LogP contribution < -0.4 is 5.32 Å². The third kappa shape index (κ3) is 3.35. The molecule has 0 saturated carbocycles. The van der Waals surface area contributed by atoms with Crippen molar-refractivity contribution in [1.29, 1.82) is 0 Å². The molecule has 0 spiro atoms. The lowest BCUT2D eigenvalue weighted by Crippen LogP contribution is -2.50. The Kier molecular flexibility index (Phi) is 4.71. The van der Waals surface area contributed by atoms with E-state index in [9.17, 15) is 17.6 Å². The number of hydrogen-bond donors (Lipinski definition) is 1. The van der Waals surface area contributed by atoms with Crippen LogP contribution in [-0.2, 0) is 9.84 Å². The van der Waals surface area contributed by atoms with Crippen molar-refractivity contribution in [3.05, 3.63) is 33.9 Å². The zero-order chi connectivity index (χ0) is 18.5. The van der Waals surface area contributed by atoms with Crippen molar-refractivity contribution in [2.45, 2.75) is 24.9 Å². The SMILES string of the molecule is O=C(NC1CS(=O)(=O)CC1N1CCCC1)c1sc2cc(F)ccc2c1Cl. The Balaban J connectivity index is 1.59. The van der Waals surface area contributed by atoms with Crippen molar-refractivity contribution in [2.75, 3.05) is 24.6 Å². The quantitative estimate of drug-likeness (QED) is 0.835. The van der Waals surface area contributed by atoms with Crippen LogP contribution in [0.4, 0.5) is 4.39 Å². The summed E-state index contributed by atoms with van der Waals surface area (Å²) in [6, 6.07) is 3.54. The minimum Gasteiger partial charge on any atom is -0.346 e. The smallest absolute Gasteiger partial charge is 0.263 e. The van der Waals surface area contributed by atoms with E-state index in [2.05, 4.69) is 10.2 Å². The minimum absolute atomic E-state index is 0.0585. The molecule has 2 unspecified atom stereocenters. The Bertz CT molecular complexity index is 970. The number of carbonyl (C=O) groups is 1. The summed E-state index contributed by atoms with van der Waals surface area (Å²) in [5.41, 5.74) is 0. The normalized spacial score (nSPS) is 25.8. The second-order valence-corrected chi connectivity index (χ2v) is 10.4. The molecule has 0 bridgehead atoms. The number of nitrogens with zero attached hydrogens (tertiary/aromatic N) is 1. The number of benzene rings is 1. The fraction of sp³-hybridized carbons (Fsp3) is 0.471. The number of nitrogens with one attached hydrogen (secondary N) is 1. The summed E-state index contributed by atoms with van der Waals surface area (Å²) in [5, 5.41) is 3.77. The first-order chi connectivity index (χ1) is 12.3. The zero-order valence-electron chi connectivity index (χ0n) is 13.9. The second kappa shape index (κ2) is 6.74. The molecule has 2 aliphatic rings. The maximum atomic E-state index is 13.4. The molecule has 1 N–H and O–H groups in total. The molecule has 5 nitrogen and oxygen atoms in total. The minimum atomic E-state index is -3.19. The standard InChI is InChI=1S/C17H18ClFN2O3S2/c18-15-11-4-3-10(19)7-14(11)25-16(15)17(22)20-12-8-26(23,24)9-13(12)21-5-1-2-6-21/h3-4,7,12-13H,1-2,5-6,8-9H2,(H,20,22). The molecule has 2 aliphatic heterocycles. The maximum Gasteiger partial charge on any atom is 0.263 e. The summed E-state index contributed by atoms with van der Waals surface area (Å²) in [6.07, 6.45) is 2.09. The molecule has 2 aromatic rings. The number of rotatable bonds is 3. The first-order valence-electron chi connectivity index (χ1n) is 8.47. The van der Waals surface area contributed by atoms with Gasteiger partial charge in [-0.1, -0.05) is 11.6 Å². The number of fused-ring (bicyclic) bond motifs is 1. The molecule has 2 saturated heterocycles. The van der Waals surface area contributed by atoms with Crippen LogP contribution in [0.2, 0.25) is 5.02 Å². The van der Waals surface area contributed by atoms with Gasteiger partial charge in [0.05, 0.1) is 22.6 Å². The van der Waals surface area contributed by atoms with Crippen molar-refractivity contribution in [3.8, 4) is 0 Å². The summed E-state index contributed by atoms with van der Waals surface area (Å²) in [6.45, 7) is 1.71. The van der Waals surface area contributed by atoms with Gasteiger partial charge < -0.3 is 5.32 Å². The van der Waals surface area contributed by atoms with Crippen LogP contribution in [-0.4, -0.2) is 55.9 Å². The van der Waals surface area contributed by atoms with Gasteiger partial charge in [-0.15, -0.1) is 11.3 Å². The molecule has 2 atom stereocenters. The monoisotopic (exact) mass is 416 g/mol. The fourth-order valence-electron chi connectivity index (χ4n) is 3.82. The highest BCUT2D eigenvalue weighted by molar-refractivity contribution is 7.91. The van der Waals surface area contributed by atoms with Crippen molar-refractivity contribution in [1.82, 2.24) is 10.2 Å². The highest BCUT2D eigenvalue weighted by atomic mass is 35.5. The highest BCUT2D eigenvalue weighted by Crippen LogP contribution is 2.36. The Morgan fingerprint density at radius 1 is 1.27 bits per heavy atom. The van der Waals surface area contributed by atoms with Gasteiger partial charge in [0, 0.05) is 16.1 Å². The van der Waals surface area contributed by atoms with Gasteiger partial charge in [-0.05, 0) is 44.1 Å². The Morgan fingerprint density at radius 2 is 2.00 bits per heavy atom. The molecule has 2 fully saturated rings. The van der Waals surface area contributed by atoms with Crippen LogP contribution in [0.3, 0.4) is 0 Å². The summed E-state index contributed by atoms with van der Waals surface area (Å²) < 4.78 is 38.3. The molecule has 0 radical (unpaired) electrons. The number of carbonyl (C=O) groups excluding carboxylic acids is 1. The van der Waals surface area contributed by atoms with Crippen LogP contribution in [0.25, 0.3) is 10.1 Å². The van der Waals surface area contributed by atoms with Gasteiger partial charge in [0.2, 0.25) is 0 Å². The predicted octanol–water partition coefficient (Wildman–Crippen LogP) is 2.69. The molecule has 9 heteroatoms. The van der Waals surface area contributed by atoms with Gasteiger partial charge in [0.15, 0.2) is 9.84 Å². The number of thiophene rings is 1. The molecule has 1 aromatic heterocycles. The summed E-state index contributed by atoms with van der Waals surface area (Å²) in [5.74, 6) is -0.776. The Labute approximate surface area is 160 Å². The summed E-state index contributed by atoms with van der Waals surface area (Å²) in [7, 11) is -3.19. The first kappa shape index (κ1) is 18.2. The first-order valence-corrected chi connectivity index (χ1v) is 11.5. The lowest BCUT2D eigenvalue weighted by molar-refractivity contribution is 0.0923. The van der Waals surface area contributed by atoms with Crippen LogP contribution in [0.15, 0.2) is 18.2 Å². The van der Waals surface area contributed by atoms with Gasteiger partial charge in [-0.25, -0.2) is 12.8 Å². The molecular weight excluding hydrogens is 399 g/mol. The van der Waals surface area contributed by atoms with Crippen LogP contribution >= 0.6 is 22.9 Å². The average molecular weight is 417 g/mol. The van der Waals surface area contributed by atoms with E-state index in [1.165, 1.54) is 12.1 Å². The topological polar surface area (TPSA) is 66.5 Å². The van der Waals surface area contributed by atoms with Crippen molar-refractivity contribution in [2.24, 2.45) is 0 Å². The largest absolute Gasteiger partial charge is 0.346 e. The second-order valence-electron chi connectivity index (χ2n) is 6.85. The van der Waals surface area contributed by atoms with Gasteiger partial charge >= 0.3 is 0 Å². The van der Waals surface area contributed by atoms with Gasteiger partial charge in [-0.3, -0.25) is 9.69 Å². The third-order valence-electron chi connectivity index (χ3n) is 5.05. The third-order valence-corrected chi connectivity index (χ3v) is 8.42. The molecule has 4 rings (SSSR count). The van der Waals surface area contributed by atoms with Crippen LogP contribution in [0.5, 0.6) is 0 Å². The van der Waals surface area contributed by atoms with E-state index in [0.29, 0.717) is 10.1 Å². The predicted molar refractivity (Wildman–Crippen MR) is 101 cm³/mol. The number of halogens is 2. The number of amides is 1. The maximum absolute atomic E-state index is 13.4. The van der Waals surface area contributed by atoms with E-state index in [1.54, 1.807) is 6.07 Å². The number of hydrogen-bond acceptors (Lipinski definition) is 5. The molecule has 1 amide bonds. The zero-order valence-corrected chi connectivity index (χ0v) is 16.3. The molecule has 140 valence electrons. The van der Waals surface area contributed by atoms with E-state index in [1.807, 2.05) is 0 Å². The lowest BCUT2D eigenvalue weighted by atomic mass is 10.1. The Morgan fingerprint density at radius 3 is 2.73 bits per heavy atom. The molecule has 1 aromatic carbocycles.